The fourth-order valence-corrected chi connectivity index (χ4v) is 2.98. The number of ketones is 1. The summed E-state index contributed by atoms with van der Waals surface area (Å²) in [6.07, 6.45) is 1.64. The largest absolute Gasteiger partial charge is 0.497 e. The van der Waals surface area contributed by atoms with E-state index >= 15 is 0 Å². The quantitative estimate of drug-likeness (QED) is 0.339. The van der Waals surface area contributed by atoms with Crippen molar-refractivity contribution in [1.29, 1.82) is 0 Å². The Morgan fingerprint density at radius 3 is 2.55 bits per heavy atom. The van der Waals surface area contributed by atoms with Crippen LogP contribution >= 0.6 is 11.6 Å². The number of carbonyl (C=O) groups excluding carboxylic acids is 2. The lowest BCUT2D eigenvalue weighted by Crippen LogP contribution is -2.08. The number of methoxy groups -OCH3 is 1. The molecule has 4 rings (SSSR count). The molecule has 3 aromatic rings. The van der Waals surface area contributed by atoms with Crippen LogP contribution in [0, 0.1) is 0 Å². The van der Waals surface area contributed by atoms with E-state index in [1.165, 1.54) is 13.2 Å². The Kier molecular flexibility index (Phi) is 5.06. The lowest BCUT2D eigenvalue weighted by molar-refractivity contribution is 0.0734. The van der Waals surface area contributed by atoms with Crippen molar-refractivity contribution in [3.8, 4) is 17.2 Å². The van der Waals surface area contributed by atoms with Crippen LogP contribution in [0.1, 0.15) is 26.3 Å². The number of ether oxygens (including phenoxy) is 3. The zero-order valence-corrected chi connectivity index (χ0v) is 16.1. The molecule has 1 aliphatic heterocycles. The van der Waals surface area contributed by atoms with E-state index in [0.29, 0.717) is 27.6 Å². The average molecular weight is 407 g/mol. The van der Waals surface area contributed by atoms with Gasteiger partial charge in [0.2, 0.25) is 5.78 Å². The third-order valence-electron chi connectivity index (χ3n) is 4.33. The molecule has 0 aromatic heterocycles. The van der Waals surface area contributed by atoms with E-state index in [4.69, 9.17) is 25.8 Å². The molecule has 1 aliphatic rings. The monoisotopic (exact) mass is 406 g/mol. The SMILES string of the molecule is COc1cccc(C(=O)Oc2ccc3c(c2)OC(=Cc2ccc(Cl)cc2)C3=O)c1. The van der Waals surface area contributed by atoms with Crippen LogP contribution in [-0.4, -0.2) is 18.9 Å². The number of Topliss-reactive ketones (excluding diaryl/α,β-unsaturated/α-hetero) is 1. The van der Waals surface area contributed by atoms with Crippen LogP contribution in [-0.2, 0) is 0 Å². The minimum Gasteiger partial charge on any atom is -0.497 e. The van der Waals surface area contributed by atoms with E-state index in [-0.39, 0.29) is 17.3 Å². The molecule has 0 unspecified atom stereocenters. The zero-order chi connectivity index (χ0) is 20.4. The van der Waals surface area contributed by atoms with Gasteiger partial charge in [-0.1, -0.05) is 29.8 Å². The van der Waals surface area contributed by atoms with Crippen LogP contribution in [0.2, 0.25) is 5.02 Å². The highest BCUT2D eigenvalue weighted by atomic mass is 35.5. The zero-order valence-electron chi connectivity index (χ0n) is 15.3. The molecule has 5 nitrogen and oxygen atoms in total. The predicted octanol–water partition coefficient (Wildman–Crippen LogP) is 5.18. The minimum absolute atomic E-state index is 0.193. The second-order valence-corrected chi connectivity index (χ2v) is 6.71. The van der Waals surface area contributed by atoms with Gasteiger partial charge in [-0.15, -0.1) is 0 Å². The Balaban J connectivity index is 1.54. The van der Waals surface area contributed by atoms with Crippen molar-refractivity contribution in [3.63, 3.8) is 0 Å². The molecule has 0 fully saturated rings. The number of esters is 1. The summed E-state index contributed by atoms with van der Waals surface area (Å²) in [5, 5.41) is 0.608. The molecule has 0 aliphatic carbocycles. The summed E-state index contributed by atoms with van der Waals surface area (Å²) in [7, 11) is 1.52. The third kappa shape index (κ3) is 4.00. The maximum Gasteiger partial charge on any atom is 0.343 e. The van der Waals surface area contributed by atoms with E-state index in [1.54, 1.807) is 66.7 Å². The van der Waals surface area contributed by atoms with Gasteiger partial charge in [-0.3, -0.25) is 4.79 Å². The van der Waals surface area contributed by atoms with E-state index in [2.05, 4.69) is 0 Å². The number of fused-ring (bicyclic) bond motifs is 1. The highest BCUT2D eigenvalue weighted by molar-refractivity contribution is 6.30. The van der Waals surface area contributed by atoms with Crippen molar-refractivity contribution in [2.24, 2.45) is 0 Å². The first-order valence-electron chi connectivity index (χ1n) is 8.73. The number of hydrogen-bond donors (Lipinski definition) is 0. The summed E-state index contributed by atoms with van der Waals surface area (Å²) in [5.41, 5.74) is 1.55. The van der Waals surface area contributed by atoms with Crippen LogP contribution in [0.3, 0.4) is 0 Å². The number of benzene rings is 3. The van der Waals surface area contributed by atoms with Gasteiger partial charge in [0.15, 0.2) is 5.76 Å². The highest BCUT2D eigenvalue weighted by Gasteiger charge is 2.28. The fourth-order valence-electron chi connectivity index (χ4n) is 2.86. The van der Waals surface area contributed by atoms with Gasteiger partial charge < -0.3 is 14.2 Å². The molecule has 1 heterocycles. The van der Waals surface area contributed by atoms with Gasteiger partial charge in [-0.05, 0) is 54.1 Å². The molecule has 0 atom stereocenters. The first-order valence-corrected chi connectivity index (χ1v) is 9.11. The van der Waals surface area contributed by atoms with Gasteiger partial charge >= 0.3 is 5.97 Å². The van der Waals surface area contributed by atoms with Crippen molar-refractivity contribution in [2.45, 2.75) is 0 Å². The number of carbonyl (C=O) groups is 2. The summed E-state index contributed by atoms with van der Waals surface area (Å²) < 4.78 is 16.2. The first kappa shape index (κ1) is 18.8. The van der Waals surface area contributed by atoms with Crippen LogP contribution in [0.15, 0.2) is 72.5 Å². The molecule has 0 N–H and O–H groups in total. The molecule has 0 spiro atoms. The Hall–Kier alpha value is -3.57. The maximum absolute atomic E-state index is 12.6. The van der Waals surface area contributed by atoms with Crippen LogP contribution < -0.4 is 14.2 Å². The van der Waals surface area contributed by atoms with Crippen LogP contribution in [0.25, 0.3) is 6.08 Å². The van der Waals surface area contributed by atoms with Gasteiger partial charge in [0, 0.05) is 11.1 Å². The number of halogens is 1. The molecule has 144 valence electrons. The van der Waals surface area contributed by atoms with Gasteiger partial charge in [0.05, 0.1) is 18.2 Å². The average Bonchev–Trinajstić information content (AvgIpc) is 3.04. The van der Waals surface area contributed by atoms with E-state index in [9.17, 15) is 9.59 Å². The number of rotatable bonds is 4. The van der Waals surface area contributed by atoms with Crippen molar-refractivity contribution < 1.29 is 23.8 Å². The number of allylic oxidation sites excluding steroid dienone is 1. The second kappa shape index (κ2) is 7.81. The standard InChI is InChI=1S/C23H15ClO5/c1-27-17-4-2-3-15(12-17)23(26)28-18-9-10-19-20(13-18)29-21(22(19)25)11-14-5-7-16(24)8-6-14/h2-13H,1H3. The topological polar surface area (TPSA) is 61.8 Å². The molecular weight excluding hydrogens is 392 g/mol. The lowest BCUT2D eigenvalue weighted by Gasteiger charge is -2.07. The van der Waals surface area contributed by atoms with Gasteiger partial charge in [-0.2, -0.15) is 0 Å². The van der Waals surface area contributed by atoms with E-state index < -0.39 is 5.97 Å². The molecule has 0 radical (unpaired) electrons. The lowest BCUT2D eigenvalue weighted by atomic mass is 10.1. The third-order valence-corrected chi connectivity index (χ3v) is 4.58. The Labute approximate surface area is 172 Å². The van der Waals surface area contributed by atoms with Crippen molar-refractivity contribution in [1.82, 2.24) is 0 Å². The molecule has 0 saturated heterocycles. The second-order valence-electron chi connectivity index (χ2n) is 6.27. The Morgan fingerprint density at radius 1 is 1.00 bits per heavy atom. The maximum atomic E-state index is 12.6. The molecular formula is C23H15ClO5. The highest BCUT2D eigenvalue weighted by Crippen LogP contribution is 2.35. The minimum atomic E-state index is -0.537. The summed E-state index contributed by atoms with van der Waals surface area (Å²) in [4.78, 5) is 24.9. The summed E-state index contributed by atoms with van der Waals surface area (Å²) in [6, 6.07) is 18.4. The van der Waals surface area contributed by atoms with Gasteiger partial charge in [-0.25, -0.2) is 4.79 Å². The van der Waals surface area contributed by atoms with Crippen molar-refractivity contribution in [2.75, 3.05) is 7.11 Å². The molecule has 0 bridgehead atoms. The molecule has 3 aromatic carbocycles. The fraction of sp³-hybridized carbons (Fsp3) is 0.0435. The molecule has 6 heteroatoms. The van der Waals surface area contributed by atoms with Crippen LogP contribution in [0.5, 0.6) is 17.2 Å². The molecule has 0 saturated carbocycles. The first-order chi connectivity index (χ1) is 14.0. The van der Waals surface area contributed by atoms with E-state index in [1.807, 2.05) is 0 Å². The van der Waals surface area contributed by atoms with Gasteiger partial charge in [0.25, 0.3) is 0 Å². The summed E-state index contributed by atoms with van der Waals surface area (Å²) in [5.74, 6) is 0.590. The normalized spacial score (nSPS) is 13.7. The van der Waals surface area contributed by atoms with Crippen molar-refractivity contribution >= 4 is 29.4 Å². The molecule has 29 heavy (non-hydrogen) atoms. The predicted molar refractivity (Wildman–Crippen MR) is 109 cm³/mol. The van der Waals surface area contributed by atoms with Crippen molar-refractivity contribution in [3.05, 3.63) is 94.2 Å². The smallest absolute Gasteiger partial charge is 0.343 e. The van der Waals surface area contributed by atoms with Gasteiger partial charge in [0.1, 0.15) is 17.2 Å². The summed E-state index contributed by atoms with van der Waals surface area (Å²) in [6.45, 7) is 0. The summed E-state index contributed by atoms with van der Waals surface area (Å²) >= 11 is 5.88. The number of hydrogen-bond acceptors (Lipinski definition) is 5. The Bertz CT molecular complexity index is 1130. The molecule has 0 amide bonds. The van der Waals surface area contributed by atoms with E-state index in [0.717, 1.165) is 5.56 Å². The van der Waals surface area contributed by atoms with Crippen LogP contribution in [0.4, 0.5) is 0 Å². The Morgan fingerprint density at radius 2 is 1.79 bits per heavy atom.